The molecule has 2 aliphatic rings. The van der Waals surface area contributed by atoms with Crippen molar-refractivity contribution < 1.29 is 13.9 Å². The summed E-state index contributed by atoms with van der Waals surface area (Å²) in [4.78, 5) is 27.2. The fraction of sp³-hybridized carbons (Fsp3) is 0.583. The van der Waals surface area contributed by atoms with Crippen LogP contribution in [-0.4, -0.2) is 54.1 Å². The van der Waals surface area contributed by atoms with E-state index in [-0.39, 0.29) is 24.2 Å². The SMILES string of the molecule is Cc1cc(OCC(=O)NC2CCN(C3CCSCC3)CC2)c2c(C)c(C)c(=O)oc2c1. The number of carbonyl (C=O) groups excluding carboxylic acids is 1. The second kappa shape index (κ2) is 9.65. The molecule has 2 aromatic rings. The Kier molecular flexibility index (Phi) is 6.92. The number of hydrogen-bond donors (Lipinski definition) is 1. The first-order valence-electron chi connectivity index (χ1n) is 11.2. The Labute approximate surface area is 187 Å². The molecule has 0 aliphatic carbocycles. The summed E-state index contributed by atoms with van der Waals surface area (Å²) >= 11 is 2.06. The Morgan fingerprint density at radius 2 is 1.84 bits per heavy atom. The van der Waals surface area contributed by atoms with Crippen LogP contribution in [0.4, 0.5) is 0 Å². The van der Waals surface area contributed by atoms with Gasteiger partial charge in [0.2, 0.25) is 0 Å². The van der Waals surface area contributed by atoms with Crippen LogP contribution in [0.15, 0.2) is 21.3 Å². The number of amides is 1. The van der Waals surface area contributed by atoms with Crippen LogP contribution in [0.3, 0.4) is 0 Å². The molecule has 1 aromatic carbocycles. The quantitative estimate of drug-likeness (QED) is 0.711. The summed E-state index contributed by atoms with van der Waals surface area (Å²) in [6.07, 6.45) is 4.57. The molecule has 0 atom stereocenters. The van der Waals surface area contributed by atoms with Crippen molar-refractivity contribution in [3.8, 4) is 5.75 Å². The standard InChI is InChI=1S/C24H32N2O4S/c1-15-12-20(23-16(2)17(3)24(28)30-21(23)13-15)29-14-22(27)25-18-4-8-26(9-5-18)19-6-10-31-11-7-19/h12-13,18-19H,4-11,14H2,1-3H3,(H,25,27). The lowest BCUT2D eigenvalue weighted by molar-refractivity contribution is -0.124. The Bertz CT molecular complexity index is 1000. The van der Waals surface area contributed by atoms with E-state index in [1.807, 2.05) is 26.0 Å². The predicted molar refractivity (Wildman–Crippen MR) is 125 cm³/mol. The molecule has 1 N–H and O–H groups in total. The van der Waals surface area contributed by atoms with E-state index in [1.54, 1.807) is 6.92 Å². The molecule has 0 radical (unpaired) electrons. The van der Waals surface area contributed by atoms with Gasteiger partial charge in [-0.05, 0) is 81.2 Å². The van der Waals surface area contributed by atoms with Gasteiger partial charge >= 0.3 is 5.63 Å². The molecule has 1 aromatic heterocycles. The minimum atomic E-state index is -0.336. The lowest BCUT2D eigenvalue weighted by Crippen LogP contribution is -2.49. The summed E-state index contributed by atoms with van der Waals surface area (Å²) in [6, 6.07) is 4.65. The zero-order valence-electron chi connectivity index (χ0n) is 18.7. The summed E-state index contributed by atoms with van der Waals surface area (Å²) in [6.45, 7) is 7.62. The van der Waals surface area contributed by atoms with Gasteiger partial charge in [0, 0.05) is 30.7 Å². The van der Waals surface area contributed by atoms with Crippen LogP contribution in [0.1, 0.15) is 42.4 Å². The van der Waals surface area contributed by atoms with Gasteiger partial charge in [0.1, 0.15) is 11.3 Å². The Morgan fingerprint density at radius 1 is 1.13 bits per heavy atom. The average molecular weight is 445 g/mol. The van der Waals surface area contributed by atoms with Crippen molar-refractivity contribution in [2.75, 3.05) is 31.2 Å². The number of benzene rings is 1. The third-order valence-electron chi connectivity index (χ3n) is 6.62. The normalized spacial score (nSPS) is 18.9. The molecule has 1 amide bonds. The number of aryl methyl sites for hydroxylation is 2. The third-order valence-corrected chi connectivity index (χ3v) is 7.67. The van der Waals surface area contributed by atoms with E-state index in [1.165, 1.54) is 24.3 Å². The highest BCUT2D eigenvalue weighted by Gasteiger charge is 2.27. The van der Waals surface area contributed by atoms with E-state index in [2.05, 4.69) is 22.0 Å². The molecule has 31 heavy (non-hydrogen) atoms. The number of carbonyl (C=O) groups is 1. The first-order chi connectivity index (χ1) is 14.9. The number of thioether (sulfide) groups is 1. The number of nitrogens with zero attached hydrogens (tertiary/aromatic N) is 1. The fourth-order valence-electron chi connectivity index (χ4n) is 4.67. The molecule has 0 bridgehead atoms. The van der Waals surface area contributed by atoms with Crippen LogP contribution < -0.4 is 15.7 Å². The third kappa shape index (κ3) is 5.09. The van der Waals surface area contributed by atoms with Crippen LogP contribution in [0.2, 0.25) is 0 Å². The summed E-state index contributed by atoms with van der Waals surface area (Å²) < 4.78 is 11.3. The Balaban J connectivity index is 1.35. The van der Waals surface area contributed by atoms with E-state index in [4.69, 9.17) is 9.15 Å². The van der Waals surface area contributed by atoms with Gasteiger partial charge in [-0.25, -0.2) is 4.79 Å². The van der Waals surface area contributed by atoms with Crippen molar-refractivity contribution in [1.29, 1.82) is 0 Å². The van der Waals surface area contributed by atoms with Crippen molar-refractivity contribution in [3.63, 3.8) is 0 Å². The molecule has 2 saturated heterocycles. The van der Waals surface area contributed by atoms with Crippen LogP contribution in [0, 0.1) is 20.8 Å². The highest BCUT2D eigenvalue weighted by Crippen LogP contribution is 2.31. The lowest BCUT2D eigenvalue weighted by Gasteiger charge is -2.39. The van der Waals surface area contributed by atoms with E-state index in [0.29, 0.717) is 16.9 Å². The van der Waals surface area contributed by atoms with Crippen LogP contribution in [-0.2, 0) is 4.79 Å². The number of rotatable bonds is 5. The zero-order valence-corrected chi connectivity index (χ0v) is 19.5. The van der Waals surface area contributed by atoms with Gasteiger partial charge in [-0.1, -0.05) is 0 Å². The largest absolute Gasteiger partial charge is 0.483 e. The number of piperidine rings is 1. The van der Waals surface area contributed by atoms with Crippen LogP contribution in [0.5, 0.6) is 5.75 Å². The minimum absolute atomic E-state index is 0.0454. The Hall–Kier alpha value is -1.99. The molecule has 2 aliphatic heterocycles. The molecule has 6 nitrogen and oxygen atoms in total. The molecule has 0 saturated carbocycles. The molecule has 7 heteroatoms. The maximum Gasteiger partial charge on any atom is 0.339 e. The van der Waals surface area contributed by atoms with Crippen molar-refractivity contribution >= 4 is 28.6 Å². The molecule has 2 fully saturated rings. The van der Waals surface area contributed by atoms with Gasteiger partial charge in [-0.2, -0.15) is 11.8 Å². The molecular formula is C24H32N2O4S. The van der Waals surface area contributed by atoms with Crippen molar-refractivity contribution in [3.05, 3.63) is 39.2 Å². The zero-order chi connectivity index (χ0) is 22.0. The van der Waals surface area contributed by atoms with Gasteiger partial charge in [0.05, 0.1) is 5.39 Å². The number of hydrogen-bond acceptors (Lipinski definition) is 6. The summed E-state index contributed by atoms with van der Waals surface area (Å²) in [5, 5.41) is 3.90. The van der Waals surface area contributed by atoms with Crippen molar-refractivity contribution in [1.82, 2.24) is 10.2 Å². The molecule has 168 valence electrons. The summed E-state index contributed by atoms with van der Waals surface area (Å²) in [7, 11) is 0. The number of fused-ring (bicyclic) bond motifs is 1. The minimum Gasteiger partial charge on any atom is -0.483 e. The molecule has 0 spiro atoms. The van der Waals surface area contributed by atoms with E-state index >= 15 is 0 Å². The molecule has 4 rings (SSSR count). The second-order valence-corrected chi connectivity index (χ2v) is 10.0. The van der Waals surface area contributed by atoms with Crippen molar-refractivity contribution in [2.45, 2.75) is 58.5 Å². The average Bonchev–Trinajstić information content (AvgIpc) is 2.77. The van der Waals surface area contributed by atoms with Gasteiger partial charge in [-0.3, -0.25) is 4.79 Å². The topological polar surface area (TPSA) is 71.8 Å². The summed E-state index contributed by atoms with van der Waals surface area (Å²) in [5.74, 6) is 3.03. The highest BCUT2D eigenvalue weighted by molar-refractivity contribution is 7.99. The van der Waals surface area contributed by atoms with E-state index in [0.717, 1.165) is 48.5 Å². The maximum atomic E-state index is 12.6. The molecule has 0 unspecified atom stereocenters. The second-order valence-electron chi connectivity index (χ2n) is 8.79. The van der Waals surface area contributed by atoms with Gasteiger partial charge in [0.25, 0.3) is 5.91 Å². The van der Waals surface area contributed by atoms with Gasteiger partial charge in [0.15, 0.2) is 6.61 Å². The number of likely N-dealkylation sites (tertiary alicyclic amines) is 1. The molecule has 3 heterocycles. The van der Waals surface area contributed by atoms with Gasteiger partial charge < -0.3 is 19.4 Å². The first kappa shape index (κ1) is 22.2. The van der Waals surface area contributed by atoms with E-state index < -0.39 is 0 Å². The van der Waals surface area contributed by atoms with Gasteiger partial charge in [-0.15, -0.1) is 0 Å². The first-order valence-corrected chi connectivity index (χ1v) is 12.4. The van der Waals surface area contributed by atoms with Crippen LogP contribution >= 0.6 is 11.8 Å². The number of ether oxygens (including phenoxy) is 1. The highest BCUT2D eigenvalue weighted by atomic mass is 32.2. The molecular weight excluding hydrogens is 412 g/mol. The van der Waals surface area contributed by atoms with Crippen LogP contribution in [0.25, 0.3) is 11.0 Å². The monoisotopic (exact) mass is 444 g/mol. The van der Waals surface area contributed by atoms with E-state index in [9.17, 15) is 9.59 Å². The fourth-order valence-corrected chi connectivity index (χ4v) is 5.76. The lowest BCUT2D eigenvalue weighted by atomic mass is 10.0. The van der Waals surface area contributed by atoms with Crippen molar-refractivity contribution in [2.24, 2.45) is 0 Å². The Morgan fingerprint density at radius 3 is 2.55 bits per heavy atom. The number of nitrogens with one attached hydrogen (secondary N) is 1. The summed E-state index contributed by atoms with van der Waals surface area (Å²) in [5.41, 5.74) is 2.47. The predicted octanol–water partition coefficient (Wildman–Crippen LogP) is 3.57. The maximum absolute atomic E-state index is 12.6. The smallest absolute Gasteiger partial charge is 0.339 e.